The SMILES string of the molecule is Cc1cc(N)nc(CC2CNCC2OCCNCC(F)(F)c2ccccc2)c1. The Hall–Kier alpha value is -2.09. The van der Waals surface area contributed by atoms with Crippen LogP contribution in [0.15, 0.2) is 42.5 Å². The number of alkyl halides is 2. The second-order valence-electron chi connectivity index (χ2n) is 7.34. The van der Waals surface area contributed by atoms with Crippen LogP contribution < -0.4 is 16.4 Å². The van der Waals surface area contributed by atoms with E-state index in [0.717, 1.165) is 30.8 Å². The van der Waals surface area contributed by atoms with Crippen LogP contribution in [0.1, 0.15) is 16.8 Å². The summed E-state index contributed by atoms with van der Waals surface area (Å²) in [6.45, 7) is 3.96. The third kappa shape index (κ3) is 5.70. The molecule has 0 spiro atoms. The molecule has 0 saturated carbocycles. The van der Waals surface area contributed by atoms with Gasteiger partial charge in [0.1, 0.15) is 5.82 Å². The maximum absolute atomic E-state index is 14.1. The Bertz CT molecular complexity index is 737. The van der Waals surface area contributed by atoms with Crippen molar-refractivity contribution < 1.29 is 13.5 Å². The molecule has 0 amide bonds. The lowest BCUT2D eigenvalue weighted by Crippen LogP contribution is -2.34. The van der Waals surface area contributed by atoms with Gasteiger partial charge in [-0.05, 0) is 31.0 Å². The van der Waals surface area contributed by atoms with Gasteiger partial charge in [-0.1, -0.05) is 30.3 Å². The number of aryl methyl sites for hydroxylation is 1. The van der Waals surface area contributed by atoms with E-state index in [9.17, 15) is 8.78 Å². The largest absolute Gasteiger partial charge is 0.384 e. The standard InChI is InChI=1S/C21H28F2N4O/c1-15-9-18(27-20(24)10-15)11-16-12-26-13-19(16)28-8-7-25-14-21(22,23)17-5-3-2-4-6-17/h2-6,9-10,16,19,25-26H,7-8,11-14H2,1H3,(H2,24,27). The van der Waals surface area contributed by atoms with Gasteiger partial charge in [-0.3, -0.25) is 0 Å². The van der Waals surface area contributed by atoms with E-state index in [4.69, 9.17) is 10.5 Å². The first-order valence-corrected chi connectivity index (χ1v) is 9.63. The zero-order valence-corrected chi connectivity index (χ0v) is 16.1. The first kappa shape index (κ1) is 20.6. The first-order valence-electron chi connectivity index (χ1n) is 9.63. The van der Waals surface area contributed by atoms with Gasteiger partial charge in [-0.2, -0.15) is 8.78 Å². The fourth-order valence-corrected chi connectivity index (χ4v) is 3.56. The third-order valence-corrected chi connectivity index (χ3v) is 4.95. The van der Waals surface area contributed by atoms with Crippen molar-refractivity contribution >= 4 is 5.82 Å². The molecule has 1 aromatic carbocycles. The number of hydrogen-bond acceptors (Lipinski definition) is 5. The average Bonchev–Trinajstić information content (AvgIpc) is 3.08. The van der Waals surface area contributed by atoms with Crippen LogP contribution >= 0.6 is 0 Å². The van der Waals surface area contributed by atoms with Crippen LogP contribution in [0.5, 0.6) is 0 Å². The zero-order valence-electron chi connectivity index (χ0n) is 16.1. The number of nitrogens with zero attached hydrogens (tertiary/aromatic N) is 1. The van der Waals surface area contributed by atoms with E-state index < -0.39 is 12.5 Å². The topological polar surface area (TPSA) is 72.2 Å². The maximum Gasteiger partial charge on any atom is 0.285 e. The fourth-order valence-electron chi connectivity index (χ4n) is 3.56. The van der Waals surface area contributed by atoms with Crippen LogP contribution in [0.4, 0.5) is 14.6 Å². The highest BCUT2D eigenvalue weighted by molar-refractivity contribution is 5.34. The molecule has 152 valence electrons. The predicted octanol–water partition coefficient (Wildman–Crippen LogP) is 2.50. The highest BCUT2D eigenvalue weighted by atomic mass is 19.3. The fraction of sp³-hybridized carbons (Fsp3) is 0.476. The minimum atomic E-state index is -2.89. The van der Waals surface area contributed by atoms with Gasteiger partial charge in [0.2, 0.25) is 0 Å². The van der Waals surface area contributed by atoms with Crippen LogP contribution in [-0.2, 0) is 17.1 Å². The van der Waals surface area contributed by atoms with E-state index in [0.29, 0.717) is 24.9 Å². The molecular formula is C21H28F2N4O. The van der Waals surface area contributed by atoms with Crippen molar-refractivity contribution in [3.05, 3.63) is 59.3 Å². The molecule has 0 radical (unpaired) electrons. The molecule has 5 nitrogen and oxygen atoms in total. The summed E-state index contributed by atoms with van der Waals surface area (Å²) in [5.74, 6) is -2.07. The Morgan fingerprint density at radius 2 is 2.04 bits per heavy atom. The molecule has 2 aromatic rings. The molecule has 2 atom stereocenters. The number of nitrogens with one attached hydrogen (secondary N) is 2. The molecule has 28 heavy (non-hydrogen) atoms. The van der Waals surface area contributed by atoms with E-state index in [1.54, 1.807) is 18.2 Å². The summed E-state index contributed by atoms with van der Waals surface area (Å²) >= 11 is 0. The van der Waals surface area contributed by atoms with E-state index in [-0.39, 0.29) is 11.7 Å². The molecule has 0 bridgehead atoms. The Morgan fingerprint density at radius 3 is 2.79 bits per heavy atom. The number of halogens is 2. The van der Waals surface area contributed by atoms with E-state index in [1.807, 2.05) is 19.1 Å². The third-order valence-electron chi connectivity index (χ3n) is 4.95. The molecule has 0 aliphatic carbocycles. The van der Waals surface area contributed by atoms with Crippen molar-refractivity contribution in [3.63, 3.8) is 0 Å². The molecule has 2 heterocycles. The molecular weight excluding hydrogens is 362 g/mol. The number of pyridine rings is 1. The van der Waals surface area contributed by atoms with Crippen molar-refractivity contribution in [1.82, 2.24) is 15.6 Å². The summed E-state index contributed by atoms with van der Waals surface area (Å²) in [4.78, 5) is 4.40. The molecule has 3 rings (SSSR count). The number of rotatable bonds is 9. The van der Waals surface area contributed by atoms with Crippen LogP contribution in [0, 0.1) is 12.8 Å². The quantitative estimate of drug-likeness (QED) is 0.574. The summed E-state index contributed by atoms with van der Waals surface area (Å²) in [6, 6.07) is 11.7. The smallest absolute Gasteiger partial charge is 0.285 e. The summed E-state index contributed by atoms with van der Waals surface area (Å²) in [6.07, 6.45) is 0.822. The normalized spacial score (nSPS) is 19.8. The molecule has 4 N–H and O–H groups in total. The van der Waals surface area contributed by atoms with Gasteiger partial charge < -0.3 is 21.1 Å². The molecule has 1 fully saturated rings. The van der Waals surface area contributed by atoms with Gasteiger partial charge >= 0.3 is 0 Å². The van der Waals surface area contributed by atoms with Crippen molar-refractivity contribution in [2.45, 2.75) is 25.4 Å². The monoisotopic (exact) mass is 390 g/mol. The highest BCUT2D eigenvalue weighted by Gasteiger charge is 2.31. The summed E-state index contributed by atoms with van der Waals surface area (Å²) in [5.41, 5.74) is 7.90. The van der Waals surface area contributed by atoms with Crippen LogP contribution in [0.2, 0.25) is 0 Å². The summed E-state index contributed by atoms with van der Waals surface area (Å²) < 4.78 is 34.2. The van der Waals surface area contributed by atoms with E-state index >= 15 is 0 Å². The van der Waals surface area contributed by atoms with E-state index in [1.165, 1.54) is 12.1 Å². The predicted molar refractivity (Wildman–Crippen MR) is 106 cm³/mol. The minimum absolute atomic E-state index is 0.0217. The van der Waals surface area contributed by atoms with Gasteiger partial charge in [0.05, 0.1) is 19.3 Å². The van der Waals surface area contributed by atoms with Gasteiger partial charge in [0, 0.05) is 36.8 Å². The molecule has 2 unspecified atom stereocenters. The molecule has 1 aliphatic rings. The first-order chi connectivity index (χ1) is 13.4. The number of hydrogen-bond donors (Lipinski definition) is 3. The Balaban J connectivity index is 1.41. The molecule has 1 aromatic heterocycles. The van der Waals surface area contributed by atoms with Gasteiger partial charge in [-0.25, -0.2) is 4.98 Å². The molecule has 1 aliphatic heterocycles. The van der Waals surface area contributed by atoms with Crippen LogP contribution in [0.3, 0.4) is 0 Å². The average molecular weight is 390 g/mol. The second-order valence-corrected chi connectivity index (χ2v) is 7.34. The Morgan fingerprint density at radius 1 is 1.25 bits per heavy atom. The number of aromatic nitrogens is 1. The van der Waals surface area contributed by atoms with Gasteiger partial charge in [-0.15, -0.1) is 0 Å². The van der Waals surface area contributed by atoms with Gasteiger partial charge in [0.25, 0.3) is 5.92 Å². The lowest BCUT2D eigenvalue weighted by Gasteiger charge is -2.21. The van der Waals surface area contributed by atoms with Crippen molar-refractivity contribution in [2.75, 3.05) is 38.5 Å². The van der Waals surface area contributed by atoms with Crippen molar-refractivity contribution in [2.24, 2.45) is 5.92 Å². The number of benzene rings is 1. The number of anilines is 1. The van der Waals surface area contributed by atoms with Crippen molar-refractivity contribution in [3.8, 4) is 0 Å². The Labute approximate surface area is 164 Å². The highest BCUT2D eigenvalue weighted by Crippen LogP contribution is 2.26. The molecule has 1 saturated heterocycles. The lowest BCUT2D eigenvalue weighted by atomic mass is 9.99. The van der Waals surface area contributed by atoms with E-state index in [2.05, 4.69) is 15.6 Å². The Kier molecular flexibility index (Phi) is 6.93. The zero-order chi connectivity index (χ0) is 20.0. The maximum atomic E-state index is 14.1. The van der Waals surface area contributed by atoms with Crippen molar-refractivity contribution in [1.29, 1.82) is 0 Å². The number of nitrogen functional groups attached to an aromatic ring is 1. The minimum Gasteiger partial charge on any atom is -0.384 e. The number of ether oxygens (including phenoxy) is 1. The van der Waals surface area contributed by atoms with Crippen LogP contribution in [0.25, 0.3) is 0 Å². The van der Waals surface area contributed by atoms with Gasteiger partial charge in [0.15, 0.2) is 0 Å². The lowest BCUT2D eigenvalue weighted by molar-refractivity contribution is -0.00799. The second kappa shape index (κ2) is 9.41. The summed E-state index contributed by atoms with van der Waals surface area (Å²) in [7, 11) is 0. The summed E-state index contributed by atoms with van der Waals surface area (Å²) in [5, 5.41) is 6.14. The number of nitrogens with two attached hydrogens (primary N) is 1. The molecule has 7 heteroatoms. The van der Waals surface area contributed by atoms with Crippen LogP contribution in [-0.4, -0.2) is 43.9 Å².